The minimum atomic E-state index is -0.431. The Kier molecular flexibility index (Phi) is 6.31. The average Bonchev–Trinajstić information content (AvgIpc) is 2.54. The van der Waals surface area contributed by atoms with E-state index in [-0.39, 0.29) is 12.0 Å². The minimum Gasteiger partial charge on any atom is -0.483 e. The number of ether oxygens (including phenoxy) is 1. The topological polar surface area (TPSA) is 50.7 Å². The SMILES string of the molecule is CC(C)(C)c1ccc(OCC(=O)NN=Cc2ccccc2F)c(Br)c1. The molecule has 0 bridgehead atoms. The molecule has 132 valence electrons. The number of halogens is 2. The summed E-state index contributed by atoms with van der Waals surface area (Å²) >= 11 is 3.45. The fraction of sp³-hybridized carbons (Fsp3) is 0.263. The molecule has 1 N–H and O–H groups in total. The van der Waals surface area contributed by atoms with Gasteiger partial charge in [0.1, 0.15) is 11.6 Å². The monoisotopic (exact) mass is 406 g/mol. The molecule has 0 heterocycles. The minimum absolute atomic E-state index is 0.0276. The lowest BCUT2D eigenvalue weighted by molar-refractivity contribution is -0.123. The number of hydrogen-bond donors (Lipinski definition) is 1. The maximum Gasteiger partial charge on any atom is 0.277 e. The summed E-state index contributed by atoms with van der Waals surface area (Å²) in [5.74, 6) is -0.264. The lowest BCUT2D eigenvalue weighted by atomic mass is 9.87. The lowest BCUT2D eigenvalue weighted by Crippen LogP contribution is -2.24. The molecule has 6 heteroatoms. The van der Waals surface area contributed by atoms with E-state index in [0.29, 0.717) is 11.3 Å². The van der Waals surface area contributed by atoms with Crippen molar-refractivity contribution in [2.45, 2.75) is 26.2 Å². The molecule has 0 saturated carbocycles. The summed E-state index contributed by atoms with van der Waals surface area (Å²) in [6, 6.07) is 11.9. The van der Waals surface area contributed by atoms with E-state index < -0.39 is 11.7 Å². The van der Waals surface area contributed by atoms with E-state index in [2.05, 4.69) is 47.2 Å². The summed E-state index contributed by atoms with van der Waals surface area (Å²) < 4.78 is 19.7. The molecule has 4 nitrogen and oxygen atoms in total. The second-order valence-corrected chi connectivity index (χ2v) is 7.35. The Hall–Kier alpha value is -2.21. The second kappa shape index (κ2) is 8.25. The highest BCUT2D eigenvalue weighted by atomic mass is 79.9. The summed E-state index contributed by atoms with van der Waals surface area (Å²) in [6.07, 6.45) is 1.25. The molecule has 0 radical (unpaired) electrons. The van der Waals surface area contributed by atoms with Crippen LogP contribution in [0.25, 0.3) is 0 Å². The molecule has 2 aromatic carbocycles. The van der Waals surface area contributed by atoms with Crippen molar-refractivity contribution in [3.63, 3.8) is 0 Å². The molecule has 0 atom stereocenters. The number of hydrazone groups is 1. The van der Waals surface area contributed by atoms with Gasteiger partial charge in [-0.15, -0.1) is 0 Å². The van der Waals surface area contributed by atoms with Crippen LogP contribution in [0, 0.1) is 5.82 Å². The van der Waals surface area contributed by atoms with Gasteiger partial charge in [0.25, 0.3) is 5.91 Å². The van der Waals surface area contributed by atoms with Crippen LogP contribution in [0.4, 0.5) is 4.39 Å². The molecule has 0 spiro atoms. The third-order valence-electron chi connectivity index (χ3n) is 3.45. The van der Waals surface area contributed by atoms with Crippen LogP contribution in [-0.4, -0.2) is 18.7 Å². The maximum atomic E-state index is 13.4. The lowest BCUT2D eigenvalue weighted by Gasteiger charge is -2.20. The van der Waals surface area contributed by atoms with Gasteiger partial charge in [-0.1, -0.05) is 45.0 Å². The van der Waals surface area contributed by atoms with E-state index in [0.717, 1.165) is 10.0 Å². The summed E-state index contributed by atoms with van der Waals surface area (Å²) in [5, 5.41) is 3.73. The number of nitrogens with one attached hydrogen (secondary N) is 1. The molecule has 0 saturated heterocycles. The van der Waals surface area contributed by atoms with Gasteiger partial charge in [-0.05, 0) is 45.1 Å². The van der Waals surface area contributed by atoms with Crippen molar-refractivity contribution in [3.05, 3.63) is 63.9 Å². The van der Waals surface area contributed by atoms with Gasteiger partial charge in [0, 0.05) is 5.56 Å². The number of amides is 1. The Morgan fingerprint density at radius 3 is 2.64 bits per heavy atom. The first-order valence-corrected chi connectivity index (χ1v) is 8.56. The molecular formula is C19H20BrFN2O2. The Bertz CT molecular complexity index is 785. The Balaban J connectivity index is 1.89. The predicted octanol–water partition coefficient (Wildman–Crippen LogP) is 4.41. The first kappa shape index (κ1) is 19.1. The van der Waals surface area contributed by atoms with E-state index >= 15 is 0 Å². The molecular weight excluding hydrogens is 387 g/mol. The zero-order valence-electron chi connectivity index (χ0n) is 14.3. The zero-order chi connectivity index (χ0) is 18.4. The Morgan fingerprint density at radius 2 is 2.00 bits per heavy atom. The van der Waals surface area contributed by atoms with Crippen LogP contribution in [0.5, 0.6) is 5.75 Å². The maximum absolute atomic E-state index is 13.4. The molecule has 2 aromatic rings. The van der Waals surface area contributed by atoms with Crippen LogP contribution >= 0.6 is 15.9 Å². The van der Waals surface area contributed by atoms with Crippen LogP contribution in [0.1, 0.15) is 31.9 Å². The fourth-order valence-corrected chi connectivity index (χ4v) is 2.51. The van der Waals surface area contributed by atoms with Gasteiger partial charge in [0.2, 0.25) is 0 Å². The van der Waals surface area contributed by atoms with E-state index in [1.807, 2.05) is 18.2 Å². The molecule has 0 aliphatic rings. The Morgan fingerprint density at radius 1 is 1.28 bits per heavy atom. The summed E-state index contributed by atoms with van der Waals surface area (Å²) in [5.41, 5.74) is 3.79. The van der Waals surface area contributed by atoms with Crippen molar-refractivity contribution in [3.8, 4) is 5.75 Å². The number of carbonyl (C=O) groups is 1. The molecule has 0 aromatic heterocycles. The van der Waals surface area contributed by atoms with Crippen LogP contribution in [0.3, 0.4) is 0 Å². The summed E-state index contributed by atoms with van der Waals surface area (Å²) in [4.78, 5) is 11.8. The molecule has 2 rings (SSSR count). The van der Waals surface area contributed by atoms with E-state index in [1.54, 1.807) is 18.2 Å². The normalized spacial score (nSPS) is 11.6. The van der Waals surface area contributed by atoms with Crippen molar-refractivity contribution in [1.82, 2.24) is 5.43 Å². The average molecular weight is 407 g/mol. The van der Waals surface area contributed by atoms with E-state index in [1.165, 1.54) is 12.3 Å². The molecule has 0 aliphatic heterocycles. The number of nitrogens with zero attached hydrogens (tertiary/aromatic N) is 1. The molecule has 0 unspecified atom stereocenters. The van der Waals surface area contributed by atoms with Gasteiger partial charge in [0.05, 0.1) is 10.7 Å². The highest BCUT2D eigenvalue weighted by molar-refractivity contribution is 9.10. The molecule has 1 amide bonds. The van der Waals surface area contributed by atoms with Crippen LogP contribution < -0.4 is 10.2 Å². The highest BCUT2D eigenvalue weighted by Crippen LogP contribution is 2.31. The molecule has 25 heavy (non-hydrogen) atoms. The number of hydrogen-bond acceptors (Lipinski definition) is 3. The second-order valence-electron chi connectivity index (χ2n) is 6.50. The van der Waals surface area contributed by atoms with Gasteiger partial charge in [-0.25, -0.2) is 9.82 Å². The number of benzene rings is 2. The van der Waals surface area contributed by atoms with Gasteiger partial charge in [0.15, 0.2) is 6.61 Å². The van der Waals surface area contributed by atoms with Gasteiger partial charge < -0.3 is 4.74 Å². The van der Waals surface area contributed by atoms with Crippen LogP contribution in [0.15, 0.2) is 52.0 Å². The molecule has 0 fully saturated rings. The predicted molar refractivity (Wildman–Crippen MR) is 100 cm³/mol. The summed E-state index contributed by atoms with van der Waals surface area (Å²) in [7, 11) is 0. The number of carbonyl (C=O) groups excluding carboxylic acids is 1. The van der Waals surface area contributed by atoms with Crippen LogP contribution in [-0.2, 0) is 10.2 Å². The van der Waals surface area contributed by atoms with Crippen LogP contribution in [0.2, 0.25) is 0 Å². The summed E-state index contributed by atoms with van der Waals surface area (Å²) in [6.45, 7) is 6.17. The highest BCUT2D eigenvalue weighted by Gasteiger charge is 2.15. The third-order valence-corrected chi connectivity index (χ3v) is 4.07. The van der Waals surface area contributed by atoms with Gasteiger partial charge >= 0.3 is 0 Å². The Labute approximate surface area is 155 Å². The van der Waals surface area contributed by atoms with Gasteiger partial charge in [-0.3, -0.25) is 4.79 Å². The molecule has 0 aliphatic carbocycles. The third kappa shape index (κ3) is 5.67. The first-order chi connectivity index (χ1) is 11.8. The first-order valence-electron chi connectivity index (χ1n) is 7.76. The quantitative estimate of drug-likeness (QED) is 0.590. The van der Waals surface area contributed by atoms with E-state index in [4.69, 9.17) is 4.74 Å². The van der Waals surface area contributed by atoms with Gasteiger partial charge in [-0.2, -0.15) is 5.10 Å². The van der Waals surface area contributed by atoms with Crippen molar-refractivity contribution in [2.75, 3.05) is 6.61 Å². The van der Waals surface area contributed by atoms with Crippen molar-refractivity contribution in [1.29, 1.82) is 0 Å². The van der Waals surface area contributed by atoms with Crippen molar-refractivity contribution in [2.24, 2.45) is 5.10 Å². The van der Waals surface area contributed by atoms with Crippen molar-refractivity contribution >= 4 is 28.1 Å². The fourth-order valence-electron chi connectivity index (χ4n) is 2.01. The zero-order valence-corrected chi connectivity index (χ0v) is 15.9. The standard InChI is InChI=1S/C19H20BrFN2O2/c1-19(2,3)14-8-9-17(15(20)10-14)25-12-18(24)23-22-11-13-6-4-5-7-16(13)21/h4-11H,12H2,1-3H3,(H,23,24). The van der Waals surface area contributed by atoms with Crippen molar-refractivity contribution < 1.29 is 13.9 Å². The largest absolute Gasteiger partial charge is 0.483 e. The van der Waals surface area contributed by atoms with E-state index in [9.17, 15) is 9.18 Å². The number of rotatable bonds is 5. The smallest absolute Gasteiger partial charge is 0.277 e.